The smallest absolute Gasteiger partial charge is 0.276 e. The Morgan fingerprint density at radius 3 is 2.00 bits per heavy atom. The molecule has 1 N–H and O–H groups in total. The third-order valence-corrected chi connectivity index (χ3v) is 4.49. The monoisotopic (exact) mass is 368 g/mol. The molecule has 3 aromatic carbocycles. The third-order valence-electron chi connectivity index (χ3n) is 4.49. The summed E-state index contributed by atoms with van der Waals surface area (Å²) in [6.45, 7) is 0. The molecule has 1 saturated heterocycles. The number of fused-ring (bicyclic) bond motifs is 1. The molecule has 1 atom stereocenters. The lowest BCUT2D eigenvalue weighted by Gasteiger charge is -2.15. The molecule has 7 heteroatoms. The summed E-state index contributed by atoms with van der Waals surface area (Å²) in [6.07, 6.45) is 0. The Bertz CT molecular complexity index is 1140. The van der Waals surface area contributed by atoms with Crippen LogP contribution in [-0.4, -0.2) is 26.7 Å². The van der Waals surface area contributed by atoms with Gasteiger partial charge >= 0.3 is 0 Å². The van der Waals surface area contributed by atoms with E-state index < -0.39 is 6.04 Å². The Hall–Kier alpha value is -4.00. The van der Waals surface area contributed by atoms with Gasteiger partial charge in [0.25, 0.3) is 5.91 Å². The first kappa shape index (κ1) is 16.2. The van der Waals surface area contributed by atoms with Crippen molar-refractivity contribution in [2.45, 2.75) is 6.04 Å². The van der Waals surface area contributed by atoms with Crippen LogP contribution in [0, 0.1) is 0 Å². The van der Waals surface area contributed by atoms with Crippen LogP contribution in [0.2, 0.25) is 0 Å². The van der Waals surface area contributed by atoms with E-state index in [4.69, 9.17) is 0 Å². The largest absolute Gasteiger partial charge is 0.280 e. The molecule has 1 fully saturated rings. The number of amidine groups is 1. The van der Waals surface area contributed by atoms with Gasteiger partial charge in [-0.2, -0.15) is 15.0 Å². The van der Waals surface area contributed by atoms with Gasteiger partial charge in [-0.15, -0.1) is 0 Å². The van der Waals surface area contributed by atoms with Crippen LogP contribution in [-0.2, 0) is 4.79 Å². The first-order chi connectivity index (χ1) is 13.8. The van der Waals surface area contributed by atoms with Crippen molar-refractivity contribution in [3.63, 3.8) is 0 Å². The standard InChI is InChI=1S/C21H16N6O/c28-21-19(27-23-17-13-7-8-14-18(17)24-27)20(22-15-9-3-1-4-10-15)25-26(21)16-11-5-2-6-12-16/h1-14,19H,(H,22,25). The van der Waals surface area contributed by atoms with Crippen LogP contribution >= 0.6 is 0 Å². The topological polar surface area (TPSA) is 75.4 Å². The second kappa shape index (κ2) is 6.62. The molecule has 1 unspecified atom stereocenters. The van der Waals surface area contributed by atoms with E-state index in [2.05, 4.69) is 20.6 Å². The number of carbonyl (C=O) groups excluding carboxylic acids is 1. The summed E-state index contributed by atoms with van der Waals surface area (Å²) in [4.78, 5) is 19.4. The molecular weight excluding hydrogens is 352 g/mol. The van der Waals surface area contributed by atoms with Gasteiger partial charge < -0.3 is 0 Å². The quantitative estimate of drug-likeness (QED) is 0.602. The van der Waals surface area contributed by atoms with E-state index in [1.807, 2.05) is 84.9 Å². The van der Waals surface area contributed by atoms with Gasteiger partial charge in [0, 0.05) is 0 Å². The van der Waals surface area contributed by atoms with E-state index in [1.165, 1.54) is 9.81 Å². The van der Waals surface area contributed by atoms with Crippen molar-refractivity contribution in [3.8, 4) is 0 Å². The predicted octanol–water partition coefficient (Wildman–Crippen LogP) is 3.25. The molecule has 1 aromatic heterocycles. The zero-order chi connectivity index (χ0) is 18.9. The molecule has 1 amide bonds. The summed E-state index contributed by atoms with van der Waals surface area (Å²) in [5.74, 6) is 0.279. The number of amides is 1. The van der Waals surface area contributed by atoms with Gasteiger partial charge in [-0.3, -0.25) is 10.2 Å². The van der Waals surface area contributed by atoms with Crippen molar-refractivity contribution in [3.05, 3.63) is 84.9 Å². The molecule has 4 aromatic rings. The average Bonchev–Trinajstić information content (AvgIpc) is 3.30. The molecule has 5 rings (SSSR count). The van der Waals surface area contributed by atoms with Gasteiger partial charge in [0.15, 0.2) is 5.84 Å². The first-order valence-corrected chi connectivity index (χ1v) is 8.90. The SMILES string of the molecule is O=C1C(n2nc3ccccc3n2)C(=Nc2ccccc2)NN1c1ccccc1. The highest BCUT2D eigenvalue weighted by molar-refractivity contribution is 6.18. The Kier molecular flexibility index (Phi) is 3.83. The Morgan fingerprint density at radius 2 is 1.36 bits per heavy atom. The second-order valence-corrected chi connectivity index (χ2v) is 6.37. The second-order valence-electron chi connectivity index (χ2n) is 6.37. The average molecular weight is 368 g/mol. The predicted molar refractivity (Wildman–Crippen MR) is 107 cm³/mol. The summed E-state index contributed by atoms with van der Waals surface area (Å²) in [5, 5.41) is 10.5. The summed E-state index contributed by atoms with van der Waals surface area (Å²) >= 11 is 0. The molecule has 0 spiro atoms. The zero-order valence-corrected chi connectivity index (χ0v) is 14.8. The number of hydrazine groups is 1. The Balaban J connectivity index is 1.62. The lowest BCUT2D eigenvalue weighted by Crippen LogP contribution is -2.35. The molecule has 0 bridgehead atoms. The molecule has 7 nitrogen and oxygen atoms in total. The van der Waals surface area contributed by atoms with Crippen LogP contribution in [0.1, 0.15) is 6.04 Å². The van der Waals surface area contributed by atoms with E-state index in [-0.39, 0.29) is 5.91 Å². The van der Waals surface area contributed by atoms with Crippen LogP contribution in [0.5, 0.6) is 0 Å². The first-order valence-electron chi connectivity index (χ1n) is 8.90. The molecule has 0 aliphatic carbocycles. The van der Waals surface area contributed by atoms with Crippen molar-refractivity contribution in [2.24, 2.45) is 4.99 Å². The molecular formula is C21H16N6O. The lowest BCUT2D eigenvalue weighted by molar-refractivity contribution is -0.119. The highest BCUT2D eigenvalue weighted by Gasteiger charge is 2.41. The minimum atomic E-state index is -0.771. The lowest BCUT2D eigenvalue weighted by atomic mass is 10.2. The highest BCUT2D eigenvalue weighted by atomic mass is 16.2. The van der Waals surface area contributed by atoms with E-state index in [9.17, 15) is 4.79 Å². The number of aromatic nitrogens is 3. The Morgan fingerprint density at radius 1 is 0.786 bits per heavy atom. The molecule has 1 aliphatic heterocycles. The molecule has 1 aliphatic rings. The fourth-order valence-corrected chi connectivity index (χ4v) is 3.17. The number of hydrogen-bond acceptors (Lipinski definition) is 4. The maximum Gasteiger partial charge on any atom is 0.280 e. The number of carbonyl (C=O) groups is 1. The summed E-state index contributed by atoms with van der Waals surface area (Å²) in [6, 6.07) is 25.6. The van der Waals surface area contributed by atoms with Gasteiger partial charge in [0.05, 0.1) is 11.4 Å². The Labute approximate surface area is 160 Å². The third kappa shape index (κ3) is 2.79. The minimum Gasteiger partial charge on any atom is -0.276 e. The summed E-state index contributed by atoms with van der Waals surface area (Å²) in [7, 11) is 0. The van der Waals surface area contributed by atoms with Crippen LogP contribution in [0.3, 0.4) is 0 Å². The van der Waals surface area contributed by atoms with Crippen LogP contribution in [0.15, 0.2) is 89.9 Å². The van der Waals surface area contributed by atoms with E-state index in [0.717, 1.165) is 22.4 Å². The molecule has 0 radical (unpaired) electrons. The molecule has 28 heavy (non-hydrogen) atoms. The number of benzene rings is 3. The van der Waals surface area contributed by atoms with Gasteiger partial charge in [0.2, 0.25) is 6.04 Å². The zero-order valence-electron chi connectivity index (χ0n) is 14.8. The fraction of sp³-hybridized carbons (Fsp3) is 0.0476. The van der Waals surface area contributed by atoms with Crippen LogP contribution in [0.25, 0.3) is 11.0 Å². The summed E-state index contributed by atoms with van der Waals surface area (Å²) < 4.78 is 0. The number of para-hydroxylation sites is 2. The van der Waals surface area contributed by atoms with Crippen molar-refractivity contribution in [1.82, 2.24) is 20.4 Å². The molecule has 0 saturated carbocycles. The number of nitrogens with zero attached hydrogens (tertiary/aromatic N) is 5. The van der Waals surface area contributed by atoms with Crippen molar-refractivity contribution >= 4 is 34.2 Å². The van der Waals surface area contributed by atoms with Gasteiger partial charge in [-0.05, 0) is 36.4 Å². The number of nitrogens with one attached hydrogen (secondary N) is 1. The van der Waals surface area contributed by atoms with Crippen LogP contribution in [0.4, 0.5) is 11.4 Å². The van der Waals surface area contributed by atoms with E-state index in [0.29, 0.717) is 5.84 Å². The minimum absolute atomic E-state index is 0.193. The van der Waals surface area contributed by atoms with Gasteiger partial charge in [-0.1, -0.05) is 48.5 Å². The van der Waals surface area contributed by atoms with Crippen molar-refractivity contribution < 1.29 is 4.79 Å². The number of anilines is 1. The highest BCUT2D eigenvalue weighted by Crippen LogP contribution is 2.25. The van der Waals surface area contributed by atoms with Crippen molar-refractivity contribution in [1.29, 1.82) is 0 Å². The number of aliphatic imine (C=N–C) groups is 1. The maximum absolute atomic E-state index is 13.3. The fourth-order valence-electron chi connectivity index (χ4n) is 3.17. The number of hydrogen-bond donors (Lipinski definition) is 1. The van der Waals surface area contributed by atoms with E-state index >= 15 is 0 Å². The number of rotatable bonds is 3. The van der Waals surface area contributed by atoms with Crippen LogP contribution < -0.4 is 10.4 Å². The normalized spacial score (nSPS) is 18.0. The van der Waals surface area contributed by atoms with Gasteiger partial charge in [-0.25, -0.2) is 10.0 Å². The molecule has 136 valence electrons. The molecule has 2 heterocycles. The maximum atomic E-state index is 13.3. The van der Waals surface area contributed by atoms with Crippen molar-refractivity contribution in [2.75, 3.05) is 5.01 Å². The summed E-state index contributed by atoms with van der Waals surface area (Å²) in [5.41, 5.74) is 6.06. The van der Waals surface area contributed by atoms with Gasteiger partial charge in [0.1, 0.15) is 11.0 Å². The van der Waals surface area contributed by atoms with E-state index in [1.54, 1.807) is 0 Å².